The SMILES string of the molecule is [CH2][C@@H](O[Si](C)(C)C(C)(C)C)c1cccnc1. The monoisotopic (exact) mass is 236 g/mol. The molecule has 89 valence electrons. The van der Waals surface area contributed by atoms with Crippen molar-refractivity contribution in [3.05, 3.63) is 37.0 Å². The van der Waals surface area contributed by atoms with Crippen LogP contribution >= 0.6 is 0 Å². The van der Waals surface area contributed by atoms with Crippen LogP contribution in [0.5, 0.6) is 0 Å². The van der Waals surface area contributed by atoms with Gasteiger partial charge in [0, 0.05) is 12.4 Å². The second-order valence-electron chi connectivity index (χ2n) is 5.65. The fourth-order valence-electron chi connectivity index (χ4n) is 1.17. The van der Waals surface area contributed by atoms with E-state index in [1.807, 2.05) is 18.3 Å². The molecule has 0 amide bonds. The third-order valence-electron chi connectivity index (χ3n) is 3.30. The molecule has 0 aliphatic rings. The molecule has 0 N–H and O–H groups in total. The maximum absolute atomic E-state index is 6.18. The summed E-state index contributed by atoms with van der Waals surface area (Å²) >= 11 is 0. The Balaban J connectivity index is 2.76. The number of aromatic nitrogens is 1. The molecule has 0 saturated heterocycles. The number of hydrogen-bond acceptors (Lipinski definition) is 2. The van der Waals surface area contributed by atoms with E-state index in [-0.39, 0.29) is 11.1 Å². The Hall–Kier alpha value is -0.673. The first-order valence-electron chi connectivity index (χ1n) is 5.65. The maximum Gasteiger partial charge on any atom is 0.192 e. The van der Waals surface area contributed by atoms with Gasteiger partial charge in [0.15, 0.2) is 8.32 Å². The molecule has 1 atom stereocenters. The molecule has 1 heterocycles. The minimum atomic E-state index is -1.74. The van der Waals surface area contributed by atoms with E-state index in [2.05, 4.69) is 45.8 Å². The van der Waals surface area contributed by atoms with Crippen LogP contribution in [0.15, 0.2) is 24.5 Å². The molecule has 0 aliphatic carbocycles. The van der Waals surface area contributed by atoms with Crippen LogP contribution in [0.25, 0.3) is 0 Å². The Labute approximate surface area is 100 Å². The molecule has 0 aromatic carbocycles. The van der Waals surface area contributed by atoms with Crippen LogP contribution in [0.1, 0.15) is 32.4 Å². The summed E-state index contributed by atoms with van der Waals surface area (Å²) in [4.78, 5) is 4.09. The molecule has 1 aromatic rings. The molecule has 1 aromatic heterocycles. The van der Waals surface area contributed by atoms with Crippen LogP contribution in [0.3, 0.4) is 0 Å². The quantitative estimate of drug-likeness (QED) is 0.741. The molecule has 3 heteroatoms. The Morgan fingerprint density at radius 3 is 2.44 bits per heavy atom. The lowest BCUT2D eigenvalue weighted by atomic mass is 10.2. The van der Waals surface area contributed by atoms with E-state index in [9.17, 15) is 0 Å². The summed E-state index contributed by atoms with van der Waals surface area (Å²) in [5, 5.41) is 0.213. The Bertz CT molecular complexity index is 330. The number of nitrogens with zero attached hydrogens (tertiary/aromatic N) is 1. The molecule has 16 heavy (non-hydrogen) atoms. The molecular weight excluding hydrogens is 214 g/mol. The first kappa shape index (κ1) is 13.4. The van der Waals surface area contributed by atoms with Crippen LogP contribution in [-0.4, -0.2) is 13.3 Å². The van der Waals surface area contributed by atoms with Gasteiger partial charge in [0.25, 0.3) is 0 Å². The van der Waals surface area contributed by atoms with Crippen molar-refractivity contribution in [1.82, 2.24) is 4.98 Å². The summed E-state index contributed by atoms with van der Waals surface area (Å²) < 4.78 is 6.18. The number of rotatable bonds is 3. The second kappa shape index (κ2) is 4.68. The lowest BCUT2D eigenvalue weighted by Gasteiger charge is -2.38. The van der Waals surface area contributed by atoms with E-state index in [1.165, 1.54) is 0 Å². The minimum Gasteiger partial charge on any atom is -0.410 e. The zero-order valence-electron chi connectivity index (χ0n) is 10.9. The standard InChI is InChI=1S/C13H22NOSi/c1-11(12-8-7-9-14-10-12)15-16(5,6)13(2,3)4/h7-11H,1H2,2-6H3/t11-/m1/s1. The molecule has 0 unspecified atom stereocenters. The average molecular weight is 236 g/mol. The van der Waals surface area contributed by atoms with Gasteiger partial charge in [0.1, 0.15) is 0 Å². The van der Waals surface area contributed by atoms with Gasteiger partial charge in [-0.05, 0) is 36.7 Å². The molecular formula is C13H22NOSi. The van der Waals surface area contributed by atoms with Gasteiger partial charge in [0.2, 0.25) is 0 Å². The Kier molecular flexibility index (Phi) is 3.91. The largest absolute Gasteiger partial charge is 0.410 e. The minimum absolute atomic E-state index is 0.116. The summed E-state index contributed by atoms with van der Waals surface area (Å²) in [6, 6.07) is 3.93. The highest BCUT2D eigenvalue weighted by molar-refractivity contribution is 6.74. The van der Waals surface area contributed by atoms with Crippen molar-refractivity contribution >= 4 is 8.32 Å². The fraction of sp³-hybridized carbons (Fsp3) is 0.538. The van der Waals surface area contributed by atoms with Crippen molar-refractivity contribution in [2.75, 3.05) is 0 Å². The fourth-order valence-corrected chi connectivity index (χ4v) is 2.37. The van der Waals surface area contributed by atoms with Crippen LogP contribution < -0.4 is 0 Å². The lowest BCUT2D eigenvalue weighted by Crippen LogP contribution is -2.41. The third kappa shape index (κ3) is 3.16. The van der Waals surface area contributed by atoms with Crippen LogP contribution in [-0.2, 0) is 4.43 Å². The Morgan fingerprint density at radius 2 is 2.00 bits per heavy atom. The zero-order valence-corrected chi connectivity index (χ0v) is 11.9. The van der Waals surface area contributed by atoms with E-state index < -0.39 is 8.32 Å². The van der Waals surface area contributed by atoms with Gasteiger partial charge in [-0.15, -0.1) is 0 Å². The third-order valence-corrected chi connectivity index (χ3v) is 7.79. The van der Waals surface area contributed by atoms with Crippen LogP contribution in [0.2, 0.25) is 18.1 Å². The van der Waals surface area contributed by atoms with E-state index in [4.69, 9.17) is 4.43 Å². The molecule has 0 fully saturated rings. The summed E-state index contributed by atoms with van der Waals surface area (Å²) in [5.41, 5.74) is 1.05. The number of pyridine rings is 1. The van der Waals surface area contributed by atoms with Gasteiger partial charge in [0.05, 0.1) is 6.10 Å². The molecule has 0 bridgehead atoms. The van der Waals surface area contributed by atoms with E-state index in [1.54, 1.807) is 6.20 Å². The molecule has 1 radical (unpaired) electrons. The highest BCUT2D eigenvalue weighted by Gasteiger charge is 2.38. The molecule has 0 spiro atoms. The predicted octanol–water partition coefficient (Wildman–Crippen LogP) is 3.98. The summed E-state index contributed by atoms with van der Waals surface area (Å²) in [6.45, 7) is 15.2. The van der Waals surface area contributed by atoms with Crippen LogP contribution in [0.4, 0.5) is 0 Å². The summed E-state index contributed by atoms with van der Waals surface area (Å²) in [7, 11) is -1.74. The first-order chi connectivity index (χ1) is 7.24. The van der Waals surface area contributed by atoms with Crippen molar-refractivity contribution < 1.29 is 4.43 Å². The number of hydrogen-bond donors (Lipinski definition) is 0. The van der Waals surface area contributed by atoms with Crippen molar-refractivity contribution in [3.8, 4) is 0 Å². The Morgan fingerprint density at radius 1 is 1.38 bits per heavy atom. The maximum atomic E-state index is 6.18. The zero-order chi connectivity index (χ0) is 12.4. The van der Waals surface area contributed by atoms with Crippen molar-refractivity contribution in [1.29, 1.82) is 0 Å². The van der Waals surface area contributed by atoms with Gasteiger partial charge < -0.3 is 4.43 Å². The summed E-state index contributed by atoms with van der Waals surface area (Å²) in [6.07, 6.45) is 3.47. The lowest BCUT2D eigenvalue weighted by molar-refractivity contribution is 0.227. The average Bonchev–Trinajstić information content (AvgIpc) is 2.16. The highest BCUT2D eigenvalue weighted by atomic mass is 28.4. The van der Waals surface area contributed by atoms with Crippen LogP contribution in [0, 0.1) is 6.92 Å². The molecule has 2 nitrogen and oxygen atoms in total. The summed E-state index contributed by atoms with van der Waals surface area (Å²) in [5.74, 6) is 0. The van der Waals surface area contributed by atoms with E-state index in [0.717, 1.165) is 5.56 Å². The van der Waals surface area contributed by atoms with E-state index >= 15 is 0 Å². The first-order valence-corrected chi connectivity index (χ1v) is 8.56. The molecule has 1 rings (SSSR count). The van der Waals surface area contributed by atoms with Gasteiger partial charge >= 0.3 is 0 Å². The van der Waals surface area contributed by atoms with Crippen molar-refractivity contribution in [3.63, 3.8) is 0 Å². The van der Waals surface area contributed by atoms with Gasteiger partial charge in [-0.3, -0.25) is 4.98 Å². The van der Waals surface area contributed by atoms with Crippen molar-refractivity contribution in [2.45, 2.75) is 45.0 Å². The highest BCUT2D eigenvalue weighted by Crippen LogP contribution is 2.39. The smallest absolute Gasteiger partial charge is 0.192 e. The van der Waals surface area contributed by atoms with Gasteiger partial charge in [-0.1, -0.05) is 26.8 Å². The van der Waals surface area contributed by atoms with E-state index in [0.29, 0.717) is 0 Å². The molecule has 0 aliphatic heterocycles. The second-order valence-corrected chi connectivity index (χ2v) is 10.4. The topological polar surface area (TPSA) is 22.1 Å². The predicted molar refractivity (Wildman–Crippen MR) is 70.6 cm³/mol. The normalized spacial score (nSPS) is 14.9. The van der Waals surface area contributed by atoms with Crippen molar-refractivity contribution in [2.24, 2.45) is 0 Å². The van der Waals surface area contributed by atoms with Gasteiger partial charge in [-0.2, -0.15) is 0 Å². The molecule has 0 saturated carbocycles. The van der Waals surface area contributed by atoms with Gasteiger partial charge in [-0.25, -0.2) is 0 Å².